The van der Waals surface area contributed by atoms with E-state index in [-0.39, 0.29) is 12.1 Å². The molecule has 0 radical (unpaired) electrons. The Morgan fingerprint density at radius 1 is 0.739 bits per heavy atom. The molecular weight excluding hydrogens is 280 g/mol. The Labute approximate surface area is 136 Å². The van der Waals surface area contributed by atoms with Crippen molar-refractivity contribution in [3.05, 3.63) is 95.6 Å². The predicted octanol–water partition coefficient (Wildman–Crippen LogP) is 4.61. The second kappa shape index (κ2) is 5.72. The third-order valence-corrected chi connectivity index (χ3v) is 4.43. The van der Waals surface area contributed by atoms with Crippen LogP contribution in [0.5, 0.6) is 0 Å². The Balaban J connectivity index is 1.76. The highest BCUT2D eigenvalue weighted by molar-refractivity contribution is 5.78. The number of nitriles is 1. The molecule has 23 heavy (non-hydrogen) atoms. The number of hydrogen-bond acceptors (Lipinski definition) is 2. The number of hydrogen-bond donors (Lipinski definition) is 1. The second-order valence-corrected chi connectivity index (χ2v) is 5.75. The summed E-state index contributed by atoms with van der Waals surface area (Å²) in [5.41, 5.74) is 5.99. The van der Waals surface area contributed by atoms with Crippen molar-refractivity contribution in [3.63, 3.8) is 0 Å². The molecule has 0 fully saturated rings. The van der Waals surface area contributed by atoms with Crippen LogP contribution in [0, 0.1) is 11.3 Å². The van der Waals surface area contributed by atoms with Crippen LogP contribution in [-0.4, -0.2) is 0 Å². The summed E-state index contributed by atoms with van der Waals surface area (Å²) in [6.07, 6.45) is 0. The highest BCUT2D eigenvalue weighted by Crippen LogP contribution is 2.43. The molecule has 0 heterocycles. The number of rotatable bonds is 3. The first-order chi connectivity index (χ1) is 11.4. The summed E-state index contributed by atoms with van der Waals surface area (Å²) < 4.78 is 0. The third-order valence-electron chi connectivity index (χ3n) is 4.43. The zero-order valence-corrected chi connectivity index (χ0v) is 12.6. The molecule has 1 N–H and O–H groups in total. The Kier molecular flexibility index (Phi) is 3.42. The van der Waals surface area contributed by atoms with Gasteiger partial charge in [0, 0.05) is 0 Å². The fourth-order valence-corrected chi connectivity index (χ4v) is 3.36. The van der Waals surface area contributed by atoms with Crippen LogP contribution < -0.4 is 5.32 Å². The number of benzene rings is 3. The molecule has 4 rings (SSSR count). The van der Waals surface area contributed by atoms with E-state index in [1.807, 2.05) is 30.3 Å². The van der Waals surface area contributed by atoms with E-state index in [1.165, 1.54) is 22.3 Å². The molecule has 2 heteroatoms. The molecule has 3 aromatic rings. The standard InChI is InChI=1S/C21H16N2/c22-14-20(15-8-2-1-3-9-15)23-21-18-12-6-4-10-16(18)17-11-5-7-13-19(17)21/h1-13,20-21,23H/t20-/m0/s1. The van der Waals surface area contributed by atoms with E-state index in [9.17, 15) is 5.26 Å². The maximum absolute atomic E-state index is 9.62. The van der Waals surface area contributed by atoms with Gasteiger partial charge in [-0.15, -0.1) is 0 Å². The lowest BCUT2D eigenvalue weighted by atomic mass is 10.0. The van der Waals surface area contributed by atoms with Gasteiger partial charge in [-0.3, -0.25) is 5.32 Å². The van der Waals surface area contributed by atoms with Crippen molar-refractivity contribution in [2.24, 2.45) is 0 Å². The smallest absolute Gasteiger partial charge is 0.122 e. The summed E-state index contributed by atoms with van der Waals surface area (Å²) in [6, 6.07) is 28.9. The van der Waals surface area contributed by atoms with Crippen molar-refractivity contribution in [3.8, 4) is 17.2 Å². The first kappa shape index (κ1) is 13.8. The minimum Gasteiger partial charge on any atom is -0.287 e. The topological polar surface area (TPSA) is 35.8 Å². The summed E-state index contributed by atoms with van der Waals surface area (Å²) in [5, 5.41) is 13.2. The quantitative estimate of drug-likeness (QED) is 0.766. The Bertz CT molecular complexity index is 832. The molecule has 3 aromatic carbocycles. The van der Waals surface area contributed by atoms with Gasteiger partial charge in [-0.2, -0.15) is 5.26 Å². The molecular formula is C21H16N2. The lowest BCUT2D eigenvalue weighted by molar-refractivity contribution is 0.567. The van der Waals surface area contributed by atoms with E-state index >= 15 is 0 Å². The molecule has 110 valence electrons. The third kappa shape index (κ3) is 2.32. The molecule has 0 spiro atoms. The molecule has 2 nitrogen and oxygen atoms in total. The summed E-state index contributed by atoms with van der Waals surface area (Å²) in [6.45, 7) is 0. The molecule has 0 aliphatic heterocycles. The monoisotopic (exact) mass is 296 g/mol. The van der Waals surface area contributed by atoms with Crippen LogP contribution in [0.3, 0.4) is 0 Å². The van der Waals surface area contributed by atoms with Gasteiger partial charge in [-0.25, -0.2) is 0 Å². The second-order valence-electron chi connectivity index (χ2n) is 5.75. The molecule has 1 atom stereocenters. The zero-order chi connectivity index (χ0) is 15.6. The van der Waals surface area contributed by atoms with Crippen molar-refractivity contribution in [1.29, 1.82) is 5.26 Å². The average molecular weight is 296 g/mol. The van der Waals surface area contributed by atoms with E-state index in [2.05, 4.69) is 59.9 Å². The van der Waals surface area contributed by atoms with Crippen LogP contribution in [0.25, 0.3) is 11.1 Å². The van der Waals surface area contributed by atoms with Crippen molar-refractivity contribution in [1.82, 2.24) is 5.32 Å². The first-order valence-electron chi connectivity index (χ1n) is 7.77. The average Bonchev–Trinajstić information content (AvgIpc) is 2.94. The van der Waals surface area contributed by atoms with Crippen LogP contribution in [0.15, 0.2) is 78.9 Å². The fraction of sp³-hybridized carbons (Fsp3) is 0.0952. The molecule has 1 aliphatic carbocycles. The van der Waals surface area contributed by atoms with Gasteiger partial charge < -0.3 is 0 Å². The molecule has 0 saturated carbocycles. The number of fused-ring (bicyclic) bond motifs is 3. The van der Waals surface area contributed by atoms with E-state index in [4.69, 9.17) is 0 Å². The van der Waals surface area contributed by atoms with Crippen molar-refractivity contribution in [2.45, 2.75) is 12.1 Å². The Morgan fingerprint density at radius 3 is 1.83 bits per heavy atom. The van der Waals surface area contributed by atoms with Gasteiger partial charge in [0.25, 0.3) is 0 Å². The van der Waals surface area contributed by atoms with Gasteiger partial charge in [0.05, 0.1) is 12.1 Å². The summed E-state index contributed by atoms with van der Waals surface area (Å²) >= 11 is 0. The van der Waals surface area contributed by atoms with Gasteiger partial charge >= 0.3 is 0 Å². The fourth-order valence-electron chi connectivity index (χ4n) is 3.36. The maximum Gasteiger partial charge on any atom is 0.122 e. The Morgan fingerprint density at radius 2 is 1.26 bits per heavy atom. The van der Waals surface area contributed by atoms with Gasteiger partial charge in [0.1, 0.15) is 6.04 Å². The molecule has 0 amide bonds. The minimum atomic E-state index is -0.333. The van der Waals surface area contributed by atoms with E-state index in [0.29, 0.717) is 0 Å². The summed E-state index contributed by atoms with van der Waals surface area (Å²) in [5.74, 6) is 0. The normalized spacial score (nSPS) is 13.9. The lowest BCUT2D eigenvalue weighted by Gasteiger charge is -2.20. The molecule has 0 saturated heterocycles. The number of nitrogens with one attached hydrogen (secondary N) is 1. The van der Waals surface area contributed by atoms with E-state index in [1.54, 1.807) is 0 Å². The minimum absolute atomic E-state index is 0.0484. The maximum atomic E-state index is 9.62. The van der Waals surface area contributed by atoms with Crippen LogP contribution in [0.2, 0.25) is 0 Å². The SMILES string of the molecule is N#C[C@H](NC1c2ccccc2-c2ccccc21)c1ccccc1. The largest absolute Gasteiger partial charge is 0.287 e. The van der Waals surface area contributed by atoms with Crippen molar-refractivity contribution >= 4 is 0 Å². The van der Waals surface area contributed by atoms with Crippen molar-refractivity contribution in [2.75, 3.05) is 0 Å². The predicted molar refractivity (Wildman–Crippen MR) is 91.7 cm³/mol. The molecule has 0 aromatic heterocycles. The summed E-state index contributed by atoms with van der Waals surface area (Å²) in [7, 11) is 0. The van der Waals surface area contributed by atoms with E-state index in [0.717, 1.165) is 5.56 Å². The first-order valence-corrected chi connectivity index (χ1v) is 7.77. The van der Waals surface area contributed by atoms with Crippen LogP contribution >= 0.6 is 0 Å². The molecule has 0 bridgehead atoms. The lowest BCUT2D eigenvalue weighted by Crippen LogP contribution is -2.25. The summed E-state index contributed by atoms with van der Waals surface area (Å²) in [4.78, 5) is 0. The van der Waals surface area contributed by atoms with Crippen LogP contribution in [-0.2, 0) is 0 Å². The van der Waals surface area contributed by atoms with Gasteiger partial charge in [-0.05, 0) is 27.8 Å². The van der Waals surface area contributed by atoms with Crippen LogP contribution in [0.4, 0.5) is 0 Å². The van der Waals surface area contributed by atoms with Crippen molar-refractivity contribution < 1.29 is 0 Å². The van der Waals surface area contributed by atoms with E-state index < -0.39 is 0 Å². The van der Waals surface area contributed by atoms with Crippen LogP contribution in [0.1, 0.15) is 28.8 Å². The molecule has 0 unspecified atom stereocenters. The number of nitrogens with zero attached hydrogens (tertiary/aromatic N) is 1. The van der Waals surface area contributed by atoms with Gasteiger partial charge in [-0.1, -0.05) is 78.9 Å². The van der Waals surface area contributed by atoms with Gasteiger partial charge in [0.2, 0.25) is 0 Å². The molecule has 1 aliphatic rings. The van der Waals surface area contributed by atoms with Gasteiger partial charge in [0.15, 0.2) is 0 Å². The zero-order valence-electron chi connectivity index (χ0n) is 12.6. The highest BCUT2D eigenvalue weighted by Gasteiger charge is 2.29. The highest BCUT2D eigenvalue weighted by atomic mass is 15.0. The Hall–Kier alpha value is -2.89.